The van der Waals surface area contributed by atoms with Crippen molar-refractivity contribution in [2.75, 3.05) is 50.4 Å². The summed E-state index contributed by atoms with van der Waals surface area (Å²) in [7, 11) is 0. The molecule has 0 bridgehead atoms. The first kappa shape index (κ1) is 18.4. The van der Waals surface area contributed by atoms with Crippen molar-refractivity contribution in [1.29, 1.82) is 0 Å². The number of aryl methyl sites for hydroxylation is 1. The summed E-state index contributed by atoms with van der Waals surface area (Å²) in [5.74, 6) is 1.70. The average molecular weight is 357 g/mol. The second kappa shape index (κ2) is 9.35. The number of aromatic nitrogens is 2. The van der Waals surface area contributed by atoms with Gasteiger partial charge in [0.2, 0.25) is 5.88 Å². The van der Waals surface area contributed by atoms with Crippen LogP contribution in [-0.2, 0) is 11.2 Å². The van der Waals surface area contributed by atoms with Gasteiger partial charge in [-0.2, -0.15) is 4.98 Å². The fraction of sp³-hybridized carbons (Fsp3) is 0.474. The first-order chi connectivity index (χ1) is 12.8. The molecule has 0 saturated carbocycles. The molecule has 0 unspecified atom stereocenters. The monoisotopic (exact) mass is 357 g/mol. The van der Waals surface area contributed by atoms with Gasteiger partial charge in [-0.1, -0.05) is 19.1 Å². The lowest BCUT2D eigenvalue weighted by molar-refractivity contribution is 0.0378. The normalized spacial score (nSPS) is 15.0. The smallest absolute Gasteiger partial charge is 0.248 e. The Balaban J connectivity index is 1.52. The van der Waals surface area contributed by atoms with Crippen molar-refractivity contribution in [3.05, 3.63) is 36.2 Å². The van der Waals surface area contributed by atoms with Gasteiger partial charge in [0.15, 0.2) is 5.82 Å². The number of hydrogen-bond acceptors (Lipinski definition) is 7. The van der Waals surface area contributed by atoms with Crippen LogP contribution in [0, 0.1) is 0 Å². The minimum Gasteiger partial charge on any atom is -0.437 e. The van der Waals surface area contributed by atoms with E-state index < -0.39 is 0 Å². The molecule has 1 aromatic heterocycles. The van der Waals surface area contributed by atoms with Crippen LogP contribution in [0.2, 0.25) is 0 Å². The predicted molar refractivity (Wildman–Crippen MR) is 103 cm³/mol. The Labute approximate surface area is 154 Å². The maximum atomic E-state index is 6.17. The van der Waals surface area contributed by atoms with Crippen LogP contribution >= 0.6 is 0 Å². The maximum Gasteiger partial charge on any atom is 0.248 e. The highest BCUT2D eigenvalue weighted by molar-refractivity contribution is 5.66. The van der Waals surface area contributed by atoms with Crippen LogP contribution in [0.5, 0.6) is 11.6 Å². The summed E-state index contributed by atoms with van der Waals surface area (Å²) in [5, 5.41) is 3.28. The van der Waals surface area contributed by atoms with Crippen molar-refractivity contribution < 1.29 is 9.47 Å². The van der Waals surface area contributed by atoms with E-state index in [4.69, 9.17) is 15.2 Å². The van der Waals surface area contributed by atoms with Gasteiger partial charge in [-0.3, -0.25) is 4.90 Å². The molecule has 26 heavy (non-hydrogen) atoms. The average Bonchev–Trinajstić information content (AvgIpc) is 2.69. The van der Waals surface area contributed by atoms with Gasteiger partial charge in [0.1, 0.15) is 17.8 Å². The van der Waals surface area contributed by atoms with Crippen molar-refractivity contribution in [3.63, 3.8) is 0 Å². The molecular weight excluding hydrogens is 330 g/mol. The molecule has 0 aliphatic carbocycles. The fourth-order valence-electron chi connectivity index (χ4n) is 2.84. The molecule has 7 nitrogen and oxygen atoms in total. The second-order valence-electron chi connectivity index (χ2n) is 6.28. The Morgan fingerprint density at radius 1 is 1.19 bits per heavy atom. The van der Waals surface area contributed by atoms with Gasteiger partial charge < -0.3 is 20.5 Å². The van der Waals surface area contributed by atoms with Gasteiger partial charge in [-0.15, -0.1) is 0 Å². The molecule has 2 aromatic rings. The lowest BCUT2D eigenvalue weighted by atomic mass is 10.2. The van der Waals surface area contributed by atoms with E-state index in [9.17, 15) is 0 Å². The third-order valence-corrected chi connectivity index (χ3v) is 4.44. The Bertz CT molecular complexity index is 687. The van der Waals surface area contributed by atoms with E-state index >= 15 is 0 Å². The first-order valence-corrected chi connectivity index (χ1v) is 9.17. The first-order valence-electron chi connectivity index (χ1n) is 9.17. The third-order valence-electron chi connectivity index (χ3n) is 4.44. The molecule has 1 saturated heterocycles. The van der Waals surface area contributed by atoms with Crippen LogP contribution in [0.4, 0.5) is 11.5 Å². The number of nitrogens with zero attached hydrogens (tertiary/aromatic N) is 3. The van der Waals surface area contributed by atoms with Gasteiger partial charge >= 0.3 is 0 Å². The Kier molecular flexibility index (Phi) is 6.62. The zero-order valence-corrected chi connectivity index (χ0v) is 15.3. The Hall–Kier alpha value is -2.38. The minimum absolute atomic E-state index is 0.375. The van der Waals surface area contributed by atoms with Crippen molar-refractivity contribution in [1.82, 2.24) is 14.9 Å². The van der Waals surface area contributed by atoms with Crippen molar-refractivity contribution in [3.8, 4) is 11.6 Å². The maximum absolute atomic E-state index is 6.17. The lowest BCUT2D eigenvalue weighted by Crippen LogP contribution is -2.37. The number of nitrogens with two attached hydrogens (primary N) is 1. The Morgan fingerprint density at radius 3 is 2.69 bits per heavy atom. The molecule has 2 heterocycles. The number of anilines is 2. The molecule has 1 aliphatic heterocycles. The molecule has 3 rings (SSSR count). The molecular formula is C19H27N5O2. The topological polar surface area (TPSA) is 85.5 Å². The second-order valence-corrected chi connectivity index (χ2v) is 6.28. The molecule has 3 N–H and O–H groups in total. The van der Waals surface area contributed by atoms with E-state index in [1.807, 2.05) is 24.3 Å². The van der Waals surface area contributed by atoms with E-state index in [2.05, 4.69) is 27.1 Å². The third kappa shape index (κ3) is 5.06. The standard InChI is InChI=1S/C19H27N5O2/c1-2-15-4-6-16(7-5-15)26-19-17(20)18(22-14-23-19)21-8-3-9-24-10-12-25-13-11-24/h4-7,14H,2-3,8-13,20H2,1H3,(H,21,22,23). The van der Waals surface area contributed by atoms with Gasteiger partial charge in [0.05, 0.1) is 13.2 Å². The Morgan fingerprint density at radius 2 is 1.96 bits per heavy atom. The van der Waals surface area contributed by atoms with Gasteiger partial charge in [0, 0.05) is 19.6 Å². The van der Waals surface area contributed by atoms with Gasteiger partial charge in [0.25, 0.3) is 0 Å². The highest BCUT2D eigenvalue weighted by Crippen LogP contribution is 2.29. The summed E-state index contributed by atoms with van der Waals surface area (Å²) in [6.45, 7) is 7.61. The summed E-state index contributed by atoms with van der Waals surface area (Å²) in [6, 6.07) is 7.93. The minimum atomic E-state index is 0.375. The number of morpholine rings is 1. The van der Waals surface area contributed by atoms with Crippen LogP contribution in [0.25, 0.3) is 0 Å². The summed E-state index contributed by atoms with van der Waals surface area (Å²) >= 11 is 0. The summed E-state index contributed by atoms with van der Waals surface area (Å²) < 4.78 is 11.2. The SMILES string of the molecule is CCc1ccc(Oc2ncnc(NCCCN3CCOCC3)c2N)cc1. The molecule has 0 radical (unpaired) electrons. The highest BCUT2D eigenvalue weighted by atomic mass is 16.5. The van der Waals surface area contributed by atoms with Crippen molar-refractivity contribution in [2.45, 2.75) is 19.8 Å². The molecule has 0 spiro atoms. The zero-order valence-electron chi connectivity index (χ0n) is 15.3. The van der Waals surface area contributed by atoms with Crippen molar-refractivity contribution >= 4 is 11.5 Å². The number of rotatable bonds is 8. The molecule has 1 aliphatic rings. The van der Waals surface area contributed by atoms with E-state index in [0.717, 1.165) is 52.2 Å². The number of benzene rings is 1. The van der Waals surface area contributed by atoms with Crippen LogP contribution < -0.4 is 15.8 Å². The fourth-order valence-corrected chi connectivity index (χ4v) is 2.84. The van der Waals surface area contributed by atoms with Crippen LogP contribution in [0.1, 0.15) is 18.9 Å². The largest absolute Gasteiger partial charge is 0.437 e. The molecule has 7 heteroatoms. The quantitative estimate of drug-likeness (QED) is 0.702. The molecule has 1 fully saturated rings. The summed E-state index contributed by atoms with van der Waals surface area (Å²) in [4.78, 5) is 10.8. The van der Waals surface area contributed by atoms with Crippen LogP contribution in [-0.4, -0.2) is 54.3 Å². The number of ether oxygens (including phenoxy) is 2. The number of hydrogen-bond donors (Lipinski definition) is 2. The highest BCUT2D eigenvalue weighted by Gasteiger charge is 2.12. The van der Waals surface area contributed by atoms with E-state index in [1.165, 1.54) is 11.9 Å². The van der Waals surface area contributed by atoms with Crippen LogP contribution in [0.15, 0.2) is 30.6 Å². The molecule has 0 atom stereocenters. The van der Waals surface area contributed by atoms with E-state index in [-0.39, 0.29) is 0 Å². The van der Waals surface area contributed by atoms with E-state index in [1.54, 1.807) is 0 Å². The van der Waals surface area contributed by atoms with Crippen molar-refractivity contribution in [2.24, 2.45) is 0 Å². The molecule has 0 amide bonds. The summed E-state index contributed by atoms with van der Waals surface area (Å²) in [5.41, 5.74) is 7.86. The van der Waals surface area contributed by atoms with E-state index in [0.29, 0.717) is 23.1 Å². The molecule has 140 valence electrons. The summed E-state index contributed by atoms with van der Waals surface area (Å²) in [6.07, 6.45) is 3.48. The lowest BCUT2D eigenvalue weighted by Gasteiger charge is -2.26. The molecule has 1 aromatic carbocycles. The van der Waals surface area contributed by atoms with Gasteiger partial charge in [-0.05, 0) is 37.1 Å². The zero-order chi connectivity index (χ0) is 18.2. The van der Waals surface area contributed by atoms with Gasteiger partial charge in [-0.25, -0.2) is 4.98 Å². The predicted octanol–water partition coefficient (Wildman–Crippen LogP) is 2.55. The number of nitrogens with one attached hydrogen (secondary N) is 1. The number of nitrogen functional groups attached to an aromatic ring is 1. The van der Waals surface area contributed by atoms with Crippen LogP contribution in [0.3, 0.4) is 0 Å².